The number of guanidine groups is 1. The van der Waals surface area contributed by atoms with Crippen LogP contribution in [0.2, 0.25) is 0 Å². The average molecular weight is 235 g/mol. The first-order valence-electron chi connectivity index (χ1n) is 5.78. The van der Waals surface area contributed by atoms with Crippen LogP contribution in [0, 0.1) is 12.8 Å². The zero-order valence-corrected chi connectivity index (χ0v) is 10.7. The van der Waals surface area contributed by atoms with Gasteiger partial charge in [-0.2, -0.15) is 0 Å². The van der Waals surface area contributed by atoms with Crippen molar-refractivity contribution in [2.75, 3.05) is 6.54 Å². The largest absolute Gasteiger partial charge is 0.355 e. The predicted octanol–water partition coefficient (Wildman–Crippen LogP) is 0.955. The maximum Gasteiger partial charge on any atom is 0.206 e. The Hall–Kier alpha value is -1.62. The summed E-state index contributed by atoms with van der Waals surface area (Å²) >= 11 is 0. The van der Waals surface area contributed by atoms with Crippen molar-refractivity contribution in [2.24, 2.45) is 16.8 Å². The molecule has 5 nitrogen and oxygen atoms in total. The van der Waals surface area contributed by atoms with Gasteiger partial charge in [-0.3, -0.25) is 10.4 Å². The molecule has 0 atom stereocenters. The molecule has 0 saturated heterocycles. The molecule has 0 aliphatic heterocycles. The van der Waals surface area contributed by atoms with Gasteiger partial charge in [0, 0.05) is 18.9 Å². The van der Waals surface area contributed by atoms with E-state index in [0.717, 1.165) is 17.7 Å². The fourth-order valence-corrected chi connectivity index (χ4v) is 1.30. The van der Waals surface area contributed by atoms with Gasteiger partial charge in [-0.15, -0.1) is 0 Å². The first-order valence-corrected chi connectivity index (χ1v) is 5.78. The summed E-state index contributed by atoms with van der Waals surface area (Å²) in [6.45, 7) is 7.73. The lowest BCUT2D eigenvalue weighted by Crippen LogP contribution is -2.42. The fourth-order valence-electron chi connectivity index (χ4n) is 1.30. The number of nitrogens with one attached hydrogen (secondary N) is 2. The Morgan fingerprint density at radius 1 is 1.53 bits per heavy atom. The van der Waals surface area contributed by atoms with Crippen LogP contribution in [0.5, 0.6) is 0 Å². The number of aromatic nitrogens is 1. The minimum Gasteiger partial charge on any atom is -0.355 e. The van der Waals surface area contributed by atoms with Crippen molar-refractivity contribution in [1.82, 2.24) is 15.7 Å². The summed E-state index contributed by atoms with van der Waals surface area (Å²) in [7, 11) is 0. The summed E-state index contributed by atoms with van der Waals surface area (Å²) in [5.41, 5.74) is 4.86. The summed E-state index contributed by atoms with van der Waals surface area (Å²) in [5, 5.41) is 3.16. The molecule has 0 amide bonds. The van der Waals surface area contributed by atoms with Gasteiger partial charge >= 0.3 is 0 Å². The molecule has 0 aromatic carbocycles. The number of rotatable bonds is 4. The Balaban J connectivity index is 2.58. The molecule has 0 spiro atoms. The Labute approximate surface area is 103 Å². The van der Waals surface area contributed by atoms with Gasteiger partial charge in [0.25, 0.3) is 0 Å². The van der Waals surface area contributed by atoms with Crippen molar-refractivity contribution in [2.45, 2.75) is 27.3 Å². The molecule has 17 heavy (non-hydrogen) atoms. The molecule has 0 aliphatic carbocycles. The van der Waals surface area contributed by atoms with E-state index in [1.165, 1.54) is 0 Å². The minimum atomic E-state index is 0.552. The highest BCUT2D eigenvalue weighted by molar-refractivity contribution is 5.79. The third-order valence-electron chi connectivity index (χ3n) is 2.36. The van der Waals surface area contributed by atoms with Gasteiger partial charge in [0.2, 0.25) is 5.96 Å². The van der Waals surface area contributed by atoms with Crippen molar-refractivity contribution in [3.05, 3.63) is 29.6 Å². The highest BCUT2D eigenvalue weighted by atomic mass is 15.3. The molecule has 1 rings (SSSR count). The molecule has 0 radical (unpaired) electrons. The first kappa shape index (κ1) is 13.4. The molecule has 0 unspecified atom stereocenters. The van der Waals surface area contributed by atoms with Crippen LogP contribution in [0.25, 0.3) is 0 Å². The number of hydrazine groups is 1. The van der Waals surface area contributed by atoms with Crippen LogP contribution in [-0.4, -0.2) is 17.5 Å². The van der Waals surface area contributed by atoms with Gasteiger partial charge in [-0.25, -0.2) is 10.8 Å². The minimum absolute atomic E-state index is 0.552. The van der Waals surface area contributed by atoms with Crippen LogP contribution in [-0.2, 0) is 6.54 Å². The number of aliphatic imine (C=N–C) groups is 1. The SMILES string of the molecule is Cc1cnccc1CN=C(NN)NCC(C)C. The number of hydrogen-bond acceptors (Lipinski definition) is 3. The smallest absolute Gasteiger partial charge is 0.206 e. The maximum atomic E-state index is 5.41. The number of aryl methyl sites for hydroxylation is 1. The topological polar surface area (TPSA) is 75.3 Å². The number of nitrogens with two attached hydrogens (primary N) is 1. The second-order valence-electron chi connectivity index (χ2n) is 4.39. The lowest BCUT2D eigenvalue weighted by molar-refractivity contribution is 0.615. The molecular weight excluding hydrogens is 214 g/mol. The monoisotopic (exact) mass is 235 g/mol. The van der Waals surface area contributed by atoms with Crippen LogP contribution < -0.4 is 16.6 Å². The molecule has 0 saturated carbocycles. The van der Waals surface area contributed by atoms with Crippen molar-refractivity contribution >= 4 is 5.96 Å². The standard InChI is InChI=1S/C12H21N5/c1-9(2)6-15-12(17-13)16-8-11-4-5-14-7-10(11)3/h4-5,7,9H,6,8,13H2,1-3H3,(H2,15,16,17). The number of nitrogens with zero attached hydrogens (tertiary/aromatic N) is 2. The molecule has 4 N–H and O–H groups in total. The third-order valence-corrected chi connectivity index (χ3v) is 2.36. The Bertz CT molecular complexity index is 373. The summed E-state index contributed by atoms with van der Waals surface area (Å²) in [6.07, 6.45) is 3.61. The van der Waals surface area contributed by atoms with Crippen LogP contribution >= 0.6 is 0 Å². The number of hydrogen-bond donors (Lipinski definition) is 3. The van der Waals surface area contributed by atoms with Crippen LogP contribution in [0.15, 0.2) is 23.5 Å². The molecular formula is C12H21N5. The van der Waals surface area contributed by atoms with E-state index in [9.17, 15) is 0 Å². The zero-order chi connectivity index (χ0) is 12.7. The van der Waals surface area contributed by atoms with E-state index >= 15 is 0 Å². The van der Waals surface area contributed by atoms with Gasteiger partial charge in [-0.05, 0) is 30.0 Å². The first-order chi connectivity index (χ1) is 8.13. The maximum absolute atomic E-state index is 5.41. The molecule has 1 aromatic heterocycles. The van der Waals surface area contributed by atoms with Crippen molar-refractivity contribution in [3.63, 3.8) is 0 Å². The van der Waals surface area contributed by atoms with Gasteiger partial charge < -0.3 is 5.32 Å². The van der Waals surface area contributed by atoms with E-state index in [0.29, 0.717) is 18.4 Å². The van der Waals surface area contributed by atoms with E-state index in [1.807, 2.05) is 19.2 Å². The normalized spacial score (nSPS) is 11.7. The van der Waals surface area contributed by atoms with Crippen molar-refractivity contribution in [3.8, 4) is 0 Å². The molecule has 5 heteroatoms. The van der Waals surface area contributed by atoms with E-state index in [4.69, 9.17) is 5.84 Å². The molecule has 1 heterocycles. The summed E-state index contributed by atoms with van der Waals surface area (Å²) < 4.78 is 0. The summed E-state index contributed by atoms with van der Waals surface area (Å²) in [5.74, 6) is 6.58. The van der Waals surface area contributed by atoms with E-state index < -0.39 is 0 Å². The van der Waals surface area contributed by atoms with Crippen molar-refractivity contribution < 1.29 is 0 Å². The van der Waals surface area contributed by atoms with Crippen LogP contribution in [0.1, 0.15) is 25.0 Å². The second kappa shape index (κ2) is 6.85. The lowest BCUT2D eigenvalue weighted by Gasteiger charge is -2.11. The number of pyridine rings is 1. The molecule has 94 valence electrons. The fraction of sp³-hybridized carbons (Fsp3) is 0.500. The molecule has 0 bridgehead atoms. The van der Waals surface area contributed by atoms with E-state index in [2.05, 4.69) is 34.6 Å². The average Bonchev–Trinajstić information content (AvgIpc) is 2.31. The second-order valence-corrected chi connectivity index (χ2v) is 4.39. The zero-order valence-electron chi connectivity index (χ0n) is 10.7. The highest BCUT2D eigenvalue weighted by Crippen LogP contribution is 2.05. The molecule has 1 aromatic rings. The van der Waals surface area contributed by atoms with Crippen LogP contribution in [0.3, 0.4) is 0 Å². The van der Waals surface area contributed by atoms with Crippen LogP contribution in [0.4, 0.5) is 0 Å². The molecule has 0 aliphatic rings. The molecule has 0 fully saturated rings. The van der Waals surface area contributed by atoms with E-state index in [1.54, 1.807) is 6.20 Å². The quantitative estimate of drug-likeness (QED) is 0.314. The van der Waals surface area contributed by atoms with Gasteiger partial charge in [0.1, 0.15) is 0 Å². The Morgan fingerprint density at radius 2 is 2.29 bits per heavy atom. The third kappa shape index (κ3) is 4.82. The Morgan fingerprint density at radius 3 is 2.88 bits per heavy atom. The summed E-state index contributed by atoms with van der Waals surface area (Å²) in [6, 6.07) is 1.97. The van der Waals surface area contributed by atoms with Gasteiger partial charge in [0.05, 0.1) is 6.54 Å². The van der Waals surface area contributed by atoms with Gasteiger partial charge in [-0.1, -0.05) is 13.8 Å². The Kier molecular flexibility index (Phi) is 5.42. The predicted molar refractivity (Wildman–Crippen MR) is 70.3 cm³/mol. The highest BCUT2D eigenvalue weighted by Gasteiger charge is 2.00. The van der Waals surface area contributed by atoms with E-state index in [-0.39, 0.29) is 0 Å². The van der Waals surface area contributed by atoms with Crippen molar-refractivity contribution in [1.29, 1.82) is 0 Å². The van der Waals surface area contributed by atoms with Gasteiger partial charge in [0.15, 0.2) is 0 Å². The summed E-state index contributed by atoms with van der Waals surface area (Å²) in [4.78, 5) is 8.43. The lowest BCUT2D eigenvalue weighted by atomic mass is 10.2.